The van der Waals surface area contributed by atoms with Gasteiger partial charge in [-0.25, -0.2) is 0 Å². The summed E-state index contributed by atoms with van der Waals surface area (Å²) in [6, 6.07) is 8.02. The molecule has 1 N–H and O–H groups in total. The van der Waals surface area contributed by atoms with Gasteiger partial charge in [0.25, 0.3) is 0 Å². The second kappa shape index (κ2) is 7.78. The standard InChI is InChI=1S/C16H18BrClN2O/c1-3-20-16(11-5-6-15(18)14(17)8-11)12-7-13(21-4-2)10-19-9-12/h5-10,16,20H,3-4H2,1-2H3. The Balaban J connectivity index is 2.37. The lowest BCUT2D eigenvalue weighted by Gasteiger charge is -2.20. The molecule has 1 atom stereocenters. The summed E-state index contributed by atoms with van der Waals surface area (Å²) in [7, 11) is 0. The van der Waals surface area contributed by atoms with E-state index < -0.39 is 0 Å². The maximum atomic E-state index is 6.08. The van der Waals surface area contributed by atoms with E-state index in [0.29, 0.717) is 11.6 Å². The van der Waals surface area contributed by atoms with E-state index in [0.717, 1.165) is 27.9 Å². The molecule has 21 heavy (non-hydrogen) atoms. The number of hydrogen-bond donors (Lipinski definition) is 1. The third-order valence-electron chi connectivity index (χ3n) is 3.06. The van der Waals surface area contributed by atoms with Crippen LogP contribution in [0.2, 0.25) is 5.02 Å². The van der Waals surface area contributed by atoms with Gasteiger partial charge in [-0.05, 0) is 58.7 Å². The molecule has 2 aromatic rings. The Morgan fingerprint density at radius 1 is 1.24 bits per heavy atom. The molecule has 0 amide bonds. The molecule has 1 aromatic heterocycles. The van der Waals surface area contributed by atoms with E-state index in [2.05, 4.69) is 33.2 Å². The predicted molar refractivity (Wildman–Crippen MR) is 90.1 cm³/mol. The SMILES string of the molecule is CCNC(c1cncc(OCC)c1)c1ccc(Cl)c(Br)c1. The van der Waals surface area contributed by atoms with E-state index in [-0.39, 0.29) is 6.04 Å². The van der Waals surface area contributed by atoms with Gasteiger partial charge >= 0.3 is 0 Å². The minimum absolute atomic E-state index is 0.0523. The molecular formula is C16H18BrClN2O. The molecule has 0 radical (unpaired) electrons. The monoisotopic (exact) mass is 368 g/mol. The molecule has 1 heterocycles. The van der Waals surface area contributed by atoms with Crippen LogP contribution in [0.1, 0.15) is 31.0 Å². The zero-order chi connectivity index (χ0) is 15.2. The van der Waals surface area contributed by atoms with E-state index >= 15 is 0 Å². The summed E-state index contributed by atoms with van der Waals surface area (Å²) >= 11 is 9.55. The molecule has 0 aliphatic carbocycles. The van der Waals surface area contributed by atoms with Crippen LogP contribution in [0, 0.1) is 0 Å². The van der Waals surface area contributed by atoms with Gasteiger partial charge in [0.05, 0.1) is 23.9 Å². The van der Waals surface area contributed by atoms with Gasteiger partial charge in [-0.15, -0.1) is 0 Å². The summed E-state index contributed by atoms with van der Waals surface area (Å²) in [5, 5.41) is 4.18. The van der Waals surface area contributed by atoms with Gasteiger partial charge in [0, 0.05) is 10.7 Å². The topological polar surface area (TPSA) is 34.2 Å². The largest absolute Gasteiger partial charge is 0.492 e. The van der Waals surface area contributed by atoms with Crippen LogP contribution in [-0.2, 0) is 0 Å². The molecule has 112 valence electrons. The van der Waals surface area contributed by atoms with Crippen LogP contribution in [0.25, 0.3) is 0 Å². The molecule has 0 saturated heterocycles. The molecule has 5 heteroatoms. The first-order valence-corrected chi connectivity index (χ1v) is 8.08. The van der Waals surface area contributed by atoms with Gasteiger partial charge in [-0.2, -0.15) is 0 Å². The summed E-state index contributed by atoms with van der Waals surface area (Å²) in [6.07, 6.45) is 3.59. The number of ether oxygens (including phenoxy) is 1. The van der Waals surface area contributed by atoms with E-state index in [1.54, 1.807) is 6.20 Å². The molecule has 1 unspecified atom stereocenters. The summed E-state index contributed by atoms with van der Waals surface area (Å²) in [5.41, 5.74) is 2.19. The highest BCUT2D eigenvalue weighted by atomic mass is 79.9. The molecule has 0 spiro atoms. The molecule has 2 rings (SSSR count). The second-order valence-corrected chi connectivity index (χ2v) is 5.81. The van der Waals surface area contributed by atoms with E-state index in [9.17, 15) is 0 Å². The van der Waals surface area contributed by atoms with Crippen molar-refractivity contribution in [2.45, 2.75) is 19.9 Å². The van der Waals surface area contributed by atoms with Crippen molar-refractivity contribution in [3.05, 3.63) is 57.3 Å². The number of benzene rings is 1. The third kappa shape index (κ3) is 4.19. The molecule has 0 aliphatic heterocycles. The van der Waals surface area contributed by atoms with Gasteiger partial charge in [0.1, 0.15) is 5.75 Å². The van der Waals surface area contributed by atoms with Crippen molar-refractivity contribution in [3.8, 4) is 5.75 Å². The number of nitrogens with one attached hydrogen (secondary N) is 1. The summed E-state index contributed by atoms with van der Waals surface area (Å²) in [6.45, 7) is 5.52. The van der Waals surface area contributed by atoms with Gasteiger partial charge in [-0.3, -0.25) is 4.98 Å². The highest BCUT2D eigenvalue weighted by Gasteiger charge is 2.15. The summed E-state index contributed by atoms with van der Waals surface area (Å²) in [4.78, 5) is 4.27. The van der Waals surface area contributed by atoms with Crippen LogP contribution in [0.4, 0.5) is 0 Å². The summed E-state index contributed by atoms with van der Waals surface area (Å²) in [5.74, 6) is 0.783. The fraction of sp³-hybridized carbons (Fsp3) is 0.312. The molecule has 1 aromatic carbocycles. The smallest absolute Gasteiger partial charge is 0.137 e. The lowest BCUT2D eigenvalue weighted by molar-refractivity contribution is 0.338. The van der Waals surface area contributed by atoms with Crippen molar-refractivity contribution in [2.24, 2.45) is 0 Å². The van der Waals surface area contributed by atoms with Crippen LogP contribution >= 0.6 is 27.5 Å². The molecule has 3 nitrogen and oxygen atoms in total. The zero-order valence-electron chi connectivity index (χ0n) is 12.1. The molecule has 0 fully saturated rings. The molecular weight excluding hydrogens is 352 g/mol. The fourth-order valence-electron chi connectivity index (χ4n) is 2.16. The van der Waals surface area contributed by atoms with Crippen LogP contribution in [0.3, 0.4) is 0 Å². The van der Waals surface area contributed by atoms with Crippen molar-refractivity contribution in [1.82, 2.24) is 10.3 Å². The lowest BCUT2D eigenvalue weighted by Crippen LogP contribution is -2.22. The van der Waals surface area contributed by atoms with Crippen molar-refractivity contribution in [2.75, 3.05) is 13.2 Å². The number of rotatable bonds is 6. The molecule has 0 saturated carbocycles. The number of pyridine rings is 1. The van der Waals surface area contributed by atoms with Gasteiger partial charge in [0.15, 0.2) is 0 Å². The van der Waals surface area contributed by atoms with Crippen molar-refractivity contribution < 1.29 is 4.74 Å². The van der Waals surface area contributed by atoms with Crippen molar-refractivity contribution in [3.63, 3.8) is 0 Å². The zero-order valence-corrected chi connectivity index (χ0v) is 14.4. The minimum Gasteiger partial charge on any atom is -0.492 e. The van der Waals surface area contributed by atoms with E-state index in [1.807, 2.05) is 37.4 Å². The van der Waals surface area contributed by atoms with Crippen LogP contribution in [0.5, 0.6) is 5.75 Å². The van der Waals surface area contributed by atoms with Crippen LogP contribution in [-0.4, -0.2) is 18.1 Å². The number of aromatic nitrogens is 1. The van der Waals surface area contributed by atoms with Crippen molar-refractivity contribution >= 4 is 27.5 Å². The van der Waals surface area contributed by atoms with Gasteiger partial charge < -0.3 is 10.1 Å². The first-order chi connectivity index (χ1) is 10.2. The Kier molecular flexibility index (Phi) is 6.03. The average molecular weight is 370 g/mol. The first-order valence-electron chi connectivity index (χ1n) is 6.91. The summed E-state index contributed by atoms with van der Waals surface area (Å²) < 4.78 is 6.42. The second-order valence-electron chi connectivity index (χ2n) is 4.55. The van der Waals surface area contributed by atoms with Crippen molar-refractivity contribution in [1.29, 1.82) is 0 Å². The normalized spacial score (nSPS) is 12.2. The van der Waals surface area contributed by atoms with Crippen LogP contribution in [0.15, 0.2) is 41.1 Å². The molecule has 0 aliphatic rings. The average Bonchev–Trinajstić information content (AvgIpc) is 2.48. The Morgan fingerprint density at radius 2 is 2.05 bits per heavy atom. The Morgan fingerprint density at radius 3 is 2.71 bits per heavy atom. The third-order valence-corrected chi connectivity index (χ3v) is 4.28. The number of hydrogen-bond acceptors (Lipinski definition) is 3. The predicted octanol–water partition coefficient (Wildman–Crippen LogP) is 4.60. The van der Waals surface area contributed by atoms with E-state index in [1.165, 1.54) is 0 Å². The van der Waals surface area contributed by atoms with Gasteiger partial charge in [0.2, 0.25) is 0 Å². The maximum absolute atomic E-state index is 6.08. The maximum Gasteiger partial charge on any atom is 0.137 e. The highest BCUT2D eigenvalue weighted by Crippen LogP contribution is 2.30. The molecule has 0 bridgehead atoms. The van der Waals surface area contributed by atoms with E-state index in [4.69, 9.17) is 16.3 Å². The minimum atomic E-state index is 0.0523. The van der Waals surface area contributed by atoms with Gasteiger partial charge in [-0.1, -0.05) is 24.6 Å². The number of nitrogens with zero attached hydrogens (tertiary/aromatic N) is 1. The Hall–Kier alpha value is -1.10. The fourth-order valence-corrected chi connectivity index (χ4v) is 2.68. The Bertz CT molecular complexity index is 607. The van der Waals surface area contributed by atoms with Crippen LogP contribution < -0.4 is 10.1 Å². The number of halogens is 2. The first kappa shape index (κ1) is 16.3. The quantitative estimate of drug-likeness (QED) is 0.808. The lowest BCUT2D eigenvalue weighted by atomic mass is 10.00. The Labute approximate surface area is 138 Å². The highest BCUT2D eigenvalue weighted by molar-refractivity contribution is 9.10.